The third kappa shape index (κ3) is 4.69. The molecule has 24 heavy (non-hydrogen) atoms. The summed E-state index contributed by atoms with van der Waals surface area (Å²) in [6.45, 7) is 4.25. The number of nitrogens with one attached hydrogen (secondary N) is 2. The highest BCUT2D eigenvalue weighted by Crippen LogP contribution is 2.22. The van der Waals surface area contributed by atoms with Crippen LogP contribution in [-0.2, 0) is 0 Å². The van der Waals surface area contributed by atoms with Crippen LogP contribution in [-0.4, -0.2) is 29.9 Å². The molecule has 0 saturated carbocycles. The zero-order valence-corrected chi connectivity index (χ0v) is 14.8. The summed E-state index contributed by atoms with van der Waals surface area (Å²) >= 11 is 11.7. The third-order valence-corrected chi connectivity index (χ3v) is 4.09. The number of amides is 2. The molecule has 0 unspecified atom stereocenters. The van der Waals surface area contributed by atoms with E-state index >= 15 is 0 Å². The molecule has 1 aromatic heterocycles. The lowest BCUT2D eigenvalue weighted by atomic mass is 10.1. The van der Waals surface area contributed by atoms with Gasteiger partial charge in [0.2, 0.25) is 0 Å². The second-order valence-electron chi connectivity index (χ2n) is 5.23. The Balaban J connectivity index is 1.82. The fourth-order valence-electron chi connectivity index (χ4n) is 2.11. The zero-order chi connectivity index (χ0) is 17.7. The van der Waals surface area contributed by atoms with Gasteiger partial charge < -0.3 is 10.6 Å². The van der Waals surface area contributed by atoms with E-state index in [1.54, 1.807) is 31.2 Å². The maximum atomic E-state index is 12.1. The first-order chi connectivity index (χ1) is 11.4. The molecule has 2 amide bonds. The van der Waals surface area contributed by atoms with Crippen LogP contribution in [0.1, 0.15) is 32.1 Å². The lowest BCUT2D eigenvalue weighted by Gasteiger charge is -2.09. The highest BCUT2D eigenvalue weighted by atomic mass is 35.5. The van der Waals surface area contributed by atoms with Crippen molar-refractivity contribution < 1.29 is 9.59 Å². The lowest BCUT2D eigenvalue weighted by molar-refractivity contribution is 0.0927. The van der Waals surface area contributed by atoms with Crippen molar-refractivity contribution >= 4 is 35.0 Å². The SMILES string of the molecule is Cc1ccc(C(=O)NCCNC(=O)c2ccc(Cl)c(Cl)c2)c(C)n1. The molecule has 5 nitrogen and oxygen atoms in total. The van der Waals surface area contributed by atoms with E-state index in [2.05, 4.69) is 15.6 Å². The molecule has 0 radical (unpaired) electrons. The van der Waals surface area contributed by atoms with E-state index in [9.17, 15) is 9.59 Å². The summed E-state index contributed by atoms with van der Waals surface area (Å²) < 4.78 is 0. The second kappa shape index (κ2) is 8.13. The van der Waals surface area contributed by atoms with Crippen molar-refractivity contribution in [2.75, 3.05) is 13.1 Å². The molecule has 126 valence electrons. The maximum Gasteiger partial charge on any atom is 0.253 e. The van der Waals surface area contributed by atoms with Crippen molar-refractivity contribution in [1.29, 1.82) is 0 Å². The van der Waals surface area contributed by atoms with Crippen molar-refractivity contribution in [1.82, 2.24) is 15.6 Å². The quantitative estimate of drug-likeness (QED) is 0.799. The van der Waals surface area contributed by atoms with Gasteiger partial charge in [0.05, 0.1) is 21.3 Å². The first-order valence-electron chi connectivity index (χ1n) is 7.34. The highest BCUT2D eigenvalue weighted by Gasteiger charge is 2.10. The van der Waals surface area contributed by atoms with Gasteiger partial charge in [0.25, 0.3) is 11.8 Å². The Labute approximate surface area is 150 Å². The number of halogens is 2. The third-order valence-electron chi connectivity index (χ3n) is 3.35. The predicted octanol–water partition coefficient (Wildman–Crippen LogP) is 3.17. The Morgan fingerprint density at radius 1 is 0.958 bits per heavy atom. The van der Waals surface area contributed by atoms with Crippen LogP contribution in [0.2, 0.25) is 10.0 Å². The van der Waals surface area contributed by atoms with Gasteiger partial charge in [-0.25, -0.2) is 0 Å². The van der Waals surface area contributed by atoms with E-state index in [1.165, 1.54) is 6.07 Å². The van der Waals surface area contributed by atoms with Gasteiger partial charge in [-0.1, -0.05) is 23.2 Å². The maximum absolute atomic E-state index is 12.1. The summed E-state index contributed by atoms with van der Waals surface area (Å²) in [6, 6.07) is 8.17. The van der Waals surface area contributed by atoms with E-state index < -0.39 is 0 Å². The van der Waals surface area contributed by atoms with E-state index in [1.807, 2.05) is 6.92 Å². The van der Waals surface area contributed by atoms with Gasteiger partial charge in [0, 0.05) is 24.3 Å². The molecule has 0 aliphatic heterocycles. The summed E-state index contributed by atoms with van der Waals surface area (Å²) in [7, 11) is 0. The zero-order valence-electron chi connectivity index (χ0n) is 13.3. The smallest absolute Gasteiger partial charge is 0.253 e. The average molecular weight is 366 g/mol. The van der Waals surface area contributed by atoms with Gasteiger partial charge in [-0.05, 0) is 44.2 Å². The number of aromatic nitrogens is 1. The molecule has 1 aromatic carbocycles. The molecular weight excluding hydrogens is 349 g/mol. The number of hydrogen-bond acceptors (Lipinski definition) is 3. The van der Waals surface area contributed by atoms with Crippen LogP contribution in [0.25, 0.3) is 0 Å². The molecule has 7 heteroatoms. The summed E-state index contributed by atoms with van der Waals surface area (Å²) in [5.74, 6) is -0.500. The number of hydrogen-bond donors (Lipinski definition) is 2. The first kappa shape index (κ1) is 18.2. The predicted molar refractivity (Wildman–Crippen MR) is 94.8 cm³/mol. The fourth-order valence-corrected chi connectivity index (χ4v) is 2.41. The molecule has 0 spiro atoms. The van der Waals surface area contributed by atoms with E-state index in [0.29, 0.717) is 40.0 Å². The van der Waals surface area contributed by atoms with Crippen molar-refractivity contribution in [3.05, 3.63) is 62.9 Å². The van der Waals surface area contributed by atoms with E-state index in [4.69, 9.17) is 23.2 Å². The standard InChI is InChI=1S/C17H17Cl2N3O2/c1-10-3-5-13(11(2)22-10)17(24)21-8-7-20-16(23)12-4-6-14(18)15(19)9-12/h3-6,9H,7-8H2,1-2H3,(H,20,23)(H,21,24). The Bertz CT molecular complexity index is 778. The molecule has 0 aliphatic rings. The van der Waals surface area contributed by atoms with Crippen LogP contribution < -0.4 is 10.6 Å². The normalized spacial score (nSPS) is 10.3. The molecule has 0 fully saturated rings. The fraction of sp³-hybridized carbons (Fsp3) is 0.235. The van der Waals surface area contributed by atoms with E-state index in [0.717, 1.165) is 5.69 Å². The number of carbonyl (C=O) groups excluding carboxylic acids is 2. The average Bonchev–Trinajstić information content (AvgIpc) is 2.53. The highest BCUT2D eigenvalue weighted by molar-refractivity contribution is 6.42. The number of rotatable bonds is 5. The molecular formula is C17H17Cl2N3O2. The number of carbonyl (C=O) groups is 2. The van der Waals surface area contributed by atoms with Gasteiger partial charge in [0.15, 0.2) is 0 Å². The molecule has 2 rings (SSSR count). The second-order valence-corrected chi connectivity index (χ2v) is 6.04. The van der Waals surface area contributed by atoms with Gasteiger partial charge in [-0.3, -0.25) is 14.6 Å². The number of benzene rings is 1. The van der Waals surface area contributed by atoms with Crippen molar-refractivity contribution in [3.8, 4) is 0 Å². The number of aryl methyl sites for hydroxylation is 2. The minimum atomic E-state index is -0.281. The molecule has 0 aliphatic carbocycles. The van der Waals surface area contributed by atoms with Gasteiger partial charge in [-0.15, -0.1) is 0 Å². The topological polar surface area (TPSA) is 71.1 Å². The molecule has 0 saturated heterocycles. The lowest BCUT2D eigenvalue weighted by Crippen LogP contribution is -2.35. The summed E-state index contributed by atoms with van der Waals surface area (Å²) in [5, 5.41) is 6.16. The first-order valence-corrected chi connectivity index (χ1v) is 8.10. The van der Waals surface area contributed by atoms with Crippen molar-refractivity contribution in [2.24, 2.45) is 0 Å². The van der Waals surface area contributed by atoms with Crippen molar-refractivity contribution in [2.45, 2.75) is 13.8 Å². The van der Waals surface area contributed by atoms with Crippen LogP contribution in [0.4, 0.5) is 0 Å². The summed E-state index contributed by atoms with van der Waals surface area (Å²) in [4.78, 5) is 28.3. The Hall–Kier alpha value is -2.11. The molecule has 2 aromatic rings. The molecule has 2 N–H and O–H groups in total. The van der Waals surface area contributed by atoms with Gasteiger partial charge >= 0.3 is 0 Å². The van der Waals surface area contributed by atoms with Gasteiger partial charge in [0.1, 0.15) is 0 Å². The summed E-state index contributed by atoms with van der Waals surface area (Å²) in [5.41, 5.74) is 2.47. The van der Waals surface area contributed by atoms with Crippen molar-refractivity contribution in [3.63, 3.8) is 0 Å². The minimum Gasteiger partial charge on any atom is -0.350 e. The molecule has 0 bridgehead atoms. The molecule has 0 atom stereocenters. The number of nitrogens with zero attached hydrogens (tertiary/aromatic N) is 1. The molecule has 1 heterocycles. The van der Waals surface area contributed by atoms with Crippen LogP contribution in [0.5, 0.6) is 0 Å². The minimum absolute atomic E-state index is 0.219. The van der Waals surface area contributed by atoms with Crippen LogP contribution in [0, 0.1) is 13.8 Å². The Morgan fingerprint density at radius 3 is 2.25 bits per heavy atom. The van der Waals surface area contributed by atoms with E-state index in [-0.39, 0.29) is 11.8 Å². The summed E-state index contributed by atoms with van der Waals surface area (Å²) in [6.07, 6.45) is 0. The van der Waals surface area contributed by atoms with Crippen LogP contribution in [0.15, 0.2) is 30.3 Å². The van der Waals surface area contributed by atoms with Crippen LogP contribution in [0.3, 0.4) is 0 Å². The monoisotopic (exact) mass is 365 g/mol. The Morgan fingerprint density at radius 2 is 1.62 bits per heavy atom. The Kier molecular flexibility index (Phi) is 6.17. The van der Waals surface area contributed by atoms with Gasteiger partial charge in [-0.2, -0.15) is 0 Å². The van der Waals surface area contributed by atoms with Crippen LogP contribution >= 0.6 is 23.2 Å². The number of pyridine rings is 1. The largest absolute Gasteiger partial charge is 0.350 e.